The number of rotatable bonds is 3. The summed E-state index contributed by atoms with van der Waals surface area (Å²) in [4.78, 5) is -0.00756. The van der Waals surface area contributed by atoms with Gasteiger partial charge in [-0.2, -0.15) is 10.4 Å². The molecule has 1 saturated heterocycles. The molecule has 8 nitrogen and oxygen atoms in total. The van der Waals surface area contributed by atoms with Gasteiger partial charge in [0.1, 0.15) is 29.2 Å². The van der Waals surface area contributed by atoms with Crippen LogP contribution in [-0.4, -0.2) is 24.8 Å². The van der Waals surface area contributed by atoms with Crippen molar-refractivity contribution in [3.8, 4) is 11.8 Å². The van der Waals surface area contributed by atoms with Crippen LogP contribution in [0.5, 0.6) is 0 Å². The lowest BCUT2D eigenvalue weighted by molar-refractivity contribution is 0.108. The van der Waals surface area contributed by atoms with Crippen molar-refractivity contribution in [3.63, 3.8) is 0 Å². The SMILES string of the molecule is N#Cc1c([C@H]2CCCO2)nn(-c2ccc(S(N)(=O)=O)cc2)c1N. The van der Waals surface area contributed by atoms with E-state index in [2.05, 4.69) is 11.2 Å². The molecule has 0 saturated carbocycles. The van der Waals surface area contributed by atoms with Gasteiger partial charge in [-0.15, -0.1) is 0 Å². The number of anilines is 1. The number of nitrogens with zero attached hydrogens (tertiary/aromatic N) is 3. The van der Waals surface area contributed by atoms with Crippen molar-refractivity contribution in [2.75, 3.05) is 12.3 Å². The Morgan fingerprint density at radius 2 is 2.04 bits per heavy atom. The molecule has 1 fully saturated rings. The summed E-state index contributed by atoms with van der Waals surface area (Å²) in [6.07, 6.45) is 1.46. The highest BCUT2D eigenvalue weighted by Crippen LogP contribution is 2.33. The van der Waals surface area contributed by atoms with Gasteiger partial charge in [0.2, 0.25) is 10.0 Å². The Bertz CT molecular complexity index is 874. The quantitative estimate of drug-likeness (QED) is 0.853. The summed E-state index contributed by atoms with van der Waals surface area (Å²) in [6.45, 7) is 0.630. The summed E-state index contributed by atoms with van der Waals surface area (Å²) in [5.74, 6) is 0.196. The van der Waals surface area contributed by atoms with E-state index in [1.165, 1.54) is 28.9 Å². The minimum atomic E-state index is -3.77. The topological polar surface area (TPSA) is 137 Å². The van der Waals surface area contributed by atoms with Crippen LogP contribution < -0.4 is 10.9 Å². The Labute approximate surface area is 133 Å². The molecule has 0 bridgehead atoms. The molecule has 4 N–H and O–H groups in total. The van der Waals surface area contributed by atoms with Gasteiger partial charge in [0.25, 0.3) is 0 Å². The van der Waals surface area contributed by atoms with Gasteiger partial charge in [0.15, 0.2) is 0 Å². The molecule has 2 aromatic rings. The summed E-state index contributed by atoms with van der Waals surface area (Å²) in [6, 6.07) is 7.85. The lowest BCUT2D eigenvalue weighted by Gasteiger charge is -2.06. The average molecular weight is 333 g/mol. The summed E-state index contributed by atoms with van der Waals surface area (Å²) < 4.78 is 29.6. The van der Waals surface area contributed by atoms with E-state index in [1.54, 1.807) is 0 Å². The standard InChI is InChI=1S/C14H15N5O3S/c15-8-11-13(12-2-1-7-22-12)18-19(14(11)16)9-3-5-10(6-4-9)23(17,20)21/h3-6,12H,1-2,7,16H2,(H2,17,20,21)/t12-/m1/s1. The molecule has 1 aliphatic rings. The van der Waals surface area contributed by atoms with Crippen LogP contribution in [0.3, 0.4) is 0 Å². The number of nitrogen functional groups attached to an aromatic ring is 1. The fourth-order valence-corrected chi connectivity index (χ4v) is 3.07. The van der Waals surface area contributed by atoms with Crippen LogP contribution in [0.2, 0.25) is 0 Å². The lowest BCUT2D eigenvalue weighted by Crippen LogP contribution is -2.12. The molecule has 0 amide bonds. The summed E-state index contributed by atoms with van der Waals surface area (Å²) in [5, 5.41) is 18.8. The van der Waals surface area contributed by atoms with E-state index in [0.717, 1.165) is 12.8 Å². The Hall–Kier alpha value is -2.41. The molecule has 1 aromatic heterocycles. The van der Waals surface area contributed by atoms with Crippen molar-refractivity contribution in [3.05, 3.63) is 35.5 Å². The smallest absolute Gasteiger partial charge is 0.238 e. The van der Waals surface area contributed by atoms with E-state index in [-0.39, 0.29) is 22.4 Å². The van der Waals surface area contributed by atoms with Gasteiger partial charge in [-0.3, -0.25) is 0 Å². The zero-order valence-corrected chi connectivity index (χ0v) is 13.0. The molecule has 1 atom stereocenters. The molecule has 3 rings (SSSR count). The van der Waals surface area contributed by atoms with Crippen LogP contribution in [-0.2, 0) is 14.8 Å². The zero-order chi connectivity index (χ0) is 16.6. The van der Waals surface area contributed by atoms with Crippen molar-refractivity contribution in [2.24, 2.45) is 5.14 Å². The van der Waals surface area contributed by atoms with E-state index < -0.39 is 10.0 Å². The number of ether oxygens (including phenoxy) is 1. The average Bonchev–Trinajstić information content (AvgIpc) is 3.14. The van der Waals surface area contributed by atoms with Gasteiger partial charge in [0, 0.05) is 6.61 Å². The second-order valence-corrected chi connectivity index (χ2v) is 6.77. The number of nitriles is 1. The summed E-state index contributed by atoms with van der Waals surface area (Å²) in [5.41, 5.74) is 7.35. The maximum atomic E-state index is 11.3. The number of benzene rings is 1. The monoisotopic (exact) mass is 333 g/mol. The van der Waals surface area contributed by atoms with E-state index in [0.29, 0.717) is 18.0 Å². The highest BCUT2D eigenvalue weighted by atomic mass is 32.2. The normalized spacial score (nSPS) is 18.0. The molecular formula is C14H15N5O3S. The van der Waals surface area contributed by atoms with E-state index in [4.69, 9.17) is 15.6 Å². The van der Waals surface area contributed by atoms with Crippen LogP contribution in [0.15, 0.2) is 29.2 Å². The Kier molecular flexibility index (Phi) is 3.81. The van der Waals surface area contributed by atoms with Crippen molar-refractivity contribution in [2.45, 2.75) is 23.8 Å². The molecule has 120 valence electrons. The van der Waals surface area contributed by atoms with E-state index >= 15 is 0 Å². The first-order chi connectivity index (χ1) is 10.9. The van der Waals surface area contributed by atoms with Crippen LogP contribution in [0.4, 0.5) is 5.82 Å². The van der Waals surface area contributed by atoms with Gasteiger partial charge in [-0.05, 0) is 37.1 Å². The first-order valence-electron chi connectivity index (χ1n) is 6.95. The van der Waals surface area contributed by atoms with Crippen molar-refractivity contribution in [1.29, 1.82) is 5.26 Å². The Morgan fingerprint density at radius 3 is 2.57 bits per heavy atom. The molecule has 1 aliphatic heterocycles. The summed E-state index contributed by atoms with van der Waals surface area (Å²) >= 11 is 0. The number of aromatic nitrogens is 2. The van der Waals surface area contributed by atoms with Crippen LogP contribution >= 0.6 is 0 Å². The molecule has 0 unspecified atom stereocenters. The Balaban J connectivity index is 2.05. The molecule has 23 heavy (non-hydrogen) atoms. The van der Waals surface area contributed by atoms with Gasteiger partial charge < -0.3 is 10.5 Å². The zero-order valence-electron chi connectivity index (χ0n) is 12.1. The number of primary sulfonamides is 1. The maximum Gasteiger partial charge on any atom is 0.238 e. The third kappa shape index (κ3) is 2.79. The number of hydrogen-bond acceptors (Lipinski definition) is 6. The van der Waals surface area contributed by atoms with Gasteiger partial charge >= 0.3 is 0 Å². The maximum absolute atomic E-state index is 11.3. The summed E-state index contributed by atoms with van der Waals surface area (Å²) in [7, 11) is -3.77. The third-order valence-electron chi connectivity index (χ3n) is 3.70. The van der Waals surface area contributed by atoms with Gasteiger partial charge in [0.05, 0.1) is 10.6 Å². The van der Waals surface area contributed by atoms with Crippen molar-refractivity contribution in [1.82, 2.24) is 9.78 Å². The minimum Gasteiger partial charge on any atom is -0.382 e. The van der Waals surface area contributed by atoms with Crippen LogP contribution in [0.1, 0.15) is 30.2 Å². The minimum absolute atomic E-state index is 0.00756. The highest BCUT2D eigenvalue weighted by Gasteiger charge is 2.27. The predicted octanol–water partition coefficient (Wildman–Crippen LogP) is 0.825. The second-order valence-electron chi connectivity index (χ2n) is 5.21. The van der Waals surface area contributed by atoms with Crippen molar-refractivity contribution >= 4 is 15.8 Å². The van der Waals surface area contributed by atoms with E-state index in [1.807, 2.05) is 0 Å². The van der Waals surface area contributed by atoms with Crippen LogP contribution in [0, 0.1) is 11.3 Å². The fourth-order valence-electron chi connectivity index (χ4n) is 2.56. The number of hydrogen-bond donors (Lipinski definition) is 2. The fraction of sp³-hybridized carbons (Fsp3) is 0.286. The van der Waals surface area contributed by atoms with E-state index in [9.17, 15) is 13.7 Å². The van der Waals surface area contributed by atoms with Crippen LogP contribution in [0.25, 0.3) is 5.69 Å². The predicted molar refractivity (Wildman–Crippen MR) is 82.0 cm³/mol. The first kappa shape index (κ1) is 15.5. The third-order valence-corrected chi connectivity index (χ3v) is 4.63. The largest absolute Gasteiger partial charge is 0.382 e. The molecule has 9 heteroatoms. The molecule has 2 heterocycles. The number of sulfonamides is 1. The Morgan fingerprint density at radius 1 is 1.35 bits per heavy atom. The molecule has 0 aliphatic carbocycles. The number of nitrogens with two attached hydrogens (primary N) is 2. The molecule has 0 radical (unpaired) electrons. The van der Waals surface area contributed by atoms with Crippen molar-refractivity contribution < 1.29 is 13.2 Å². The molecule has 1 aromatic carbocycles. The van der Waals surface area contributed by atoms with Gasteiger partial charge in [-0.1, -0.05) is 0 Å². The first-order valence-corrected chi connectivity index (χ1v) is 8.50. The molecular weight excluding hydrogens is 318 g/mol. The van der Waals surface area contributed by atoms with Gasteiger partial charge in [-0.25, -0.2) is 18.2 Å². The highest BCUT2D eigenvalue weighted by molar-refractivity contribution is 7.89. The second kappa shape index (κ2) is 5.66. The molecule has 0 spiro atoms. The lowest BCUT2D eigenvalue weighted by atomic mass is 10.1.